The number of likely N-dealkylation sites (tertiary alicyclic amines) is 1. The van der Waals surface area contributed by atoms with Crippen molar-refractivity contribution >= 4 is 11.8 Å². The fourth-order valence-corrected chi connectivity index (χ4v) is 5.65. The molecule has 3 rings (SSSR count). The van der Waals surface area contributed by atoms with Gasteiger partial charge in [-0.1, -0.05) is 6.42 Å². The van der Waals surface area contributed by atoms with Gasteiger partial charge in [0, 0.05) is 42.7 Å². The molecule has 0 aliphatic carbocycles. The van der Waals surface area contributed by atoms with E-state index in [9.17, 15) is 0 Å². The topological polar surface area (TPSA) is 19.0 Å². The summed E-state index contributed by atoms with van der Waals surface area (Å²) in [7, 11) is 6.82. The first kappa shape index (κ1) is 16.1. The van der Waals surface area contributed by atoms with Crippen molar-refractivity contribution in [3.8, 4) is 0 Å². The lowest BCUT2D eigenvalue weighted by atomic mass is 9.96. The molecule has 0 aromatic rings. The Kier molecular flexibility index (Phi) is 5.49. The molecule has 122 valence electrons. The minimum absolute atomic E-state index is 0.405. The quantitative estimate of drug-likeness (QED) is 0.761. The predicted molar refractivity (Wildman–Crippen MR) is 90.2 cm³/mol. The Hall–Kier alpha value is 0.190. The van der Waals surface area contributed by atoms with Gasteiger partial charge in [0.25, 0.3) is 0 Å². The van der Waals surface area contributed by atoms with Crippen molar-refractivity contribution in [2.75, 3.05) is 59.7 Å². The van der Waals surface area contributed by atoms with E-state index < -0.39 is 0 Å². The van der Waals surface area contributed by atoms with Crippen molar-refractivity contribution < 1.29 is 4.74 Å². The van der Waals surface area contributed by atoms with Gasteiger partial charge in [-0.3, -0.25) is 4.90 Å². The second-order valence-electron chi connectivity index (χ2n) is 7.09. The number of ether oxygens (including phenoxy) is 1. The maximum Gasteiger partial charge on any atom is 0.0857 e. The van der Waals surface area contributed by atoms with Crippen molar-refractivity contribution in [3.63, 3.8) is 0 Å². The summed E-state index contributed by atoms with van der Waals surface area (Å²) in [4.78, 5) is 7.56. The highest BCUT2D eigenvalue weighted by Crippen LogP contribution is 2.29. The normalized spacial score (nSPS) is 41.3. The van der Waals surface area contributed by atoms with Crippen LogP contribution in [-0.2, 0) is 4.74 Å². The maximum absolute atomic E-state index is 6.34. The highest BCUT2D eigenvalue weighted by atomic mass is 32.2. The van der Waals surface area contributed by atoms with Gasteiger partial charge in [0.05, 0.1) is 12.7 Å². The van der Waals surface area contributed by atoms with E-state index in [4.69, 9.17) is 4.74 Å². The van der Waals surface area contributed by atoms with Crippen LogP contribution >= 0.6 is 11.8 Å². The number of likely N-dealkylation sites (N-methyl/N-ethyl adjacent to an activating group) is 2. The summed E-state index contributed by atoms with van der Waals surface area (Å²) < 4.78 is 6.34. The number of thioether (sulfide) groups is 1. The fraction of sp³-hybridized carbons (Fsp3) is 1.00. The third-order valence-electron chi connectivity index (χ3n) is 5.50. The average molecular weight is 314 g/mol. The summed E-state index contributed by atoms with van der Waals surface area (Å²) in [5, 5.41) is 0.707. The molecule has 3 heterocycles. The summed E-state index contributed by atoms with van der Waals surface area (Å²) in [6.45, 7) is 5.68. The van der Waals surface area contributed by atoms with Gasteiger partial charge in [-0.15, -0.1) is 0 Å². The van der Waals surface area contributed by atoms with Gasteiger partial charge in [-0.25, -0.2) is 0 Å². The van der Waals surface area contributed by atoms with Crippen molar-refractivity contribution in [1.82, 2.24) is 14.7 Å². The first-order valence-electron chi connectivity index (χ1n) is 8.47. The molecule has 0 amide bonds. The Balaban J connectivity index is 1.56. The average Bonchev–Trinajstić information content (AvgIpc) is 2.47. The van der Waals surface area contributed by atoms with E-state index in [0.717, 1.165) is 13.2 Å². The van der Waals surface area contributed by atoms with Crippen LogP contribution in [0.1, 0.15) is 19.3 Å². The molecule has 0 saturated carbocycles. The zero-order valence-electron chi connectivity index (χ0n) is 13.8. The number of nitrogens with zero attached hydrogens (tertiary/aromatic N) is 3. The van der Waals surface area contributed by atoms with Crippen molar-refractivity contribution in [3.05, 3.63) is 0 Å². The predicted octanol–water partition coefficient (Wildman–Crippen LogP) is 1.22. The molecular formula is C16H31N3OS. The van der Waals surface area contributed by atoms with Crippen LogP contribution in [0.2, 0.25) is 0 Å². The molecule has 21 heavy (non-hydrogen) atoms. The first-order valence-corrected chi connectivity index (χ1v) is 9.52. The van der Waals surface area contributed by atoms with Crippen LogP contribution in [0.5, 0.6) is 0 Å². The Morgan fingerprint density at radius 3 is 2.52 bits per heavy atom. The number of rotatable bonds is 2. The lowest BCUT2D eigenvalue weighted by Gasteiger charge is -2.47. The van der Waals surface area contributed by atoms with Crippen LogP contribution in [0.3, 0.4) is 0 Å². The lowest BCUT2D eigenvalue weighted by molar-refractivity contribution is -0.0943. The van der Waals surface area contributed by atoms with Crippen LogP contribution in [0.25, 0.3) is 0 Å². The van der Waals surface area contributed by atoms with Gasteiger partial charge < -0.3 is 14.5 Å². The van der Waals surface area contributed by atoms with Crippen molar-refractivity contribution in [2.45, 2.75) is 42.7 Å². The van der Waals surface area contributed by atoms with Gasteiger partial charge in [-0.2, -0.15) is 11.8 Å². The summed E-state index contributed by atoms with van der Waals surface area (Å²) in [6.07, 6.45) is 4.43. The second kappa shape index (κ2) is 7.18. The van der Waals surface area contributed by atoms with Crippen molar-refractivity contribution in [1.29, 1.82) is 0 Å². The first-order chi connectivity index (χ1) is 10.1. The standard InChI is InChI=1S/C16H31N3OS/c1-17-8-9-21-16(11-17)14-12-20-15(10-19(14)3)13-6-4-5-7-18(13)2/h13-16H,4-12H2,1-3H3. The zero-order chi connectivity index (χ0) is 14.8. The Labute approximate surface area is 134 Å². The lowest BCUT2D eigenvalue weighted by Crippen LogP contribution is -2.60. The molecular weight excluding hydrogens is 282 g/mol. The third-order valence-corrected chi connectivity index (χ3v) is 6.81. The molecule has 0 bridgehead atoms. The molecule has 0 spiro atoms. The van der Waals surface area contributed by atoms with Crippen molar-refractivity contribution in [2.24, 2.45) is 0 Å². The Morgan fingerprint density at radius 2 is 1.81 bits per heavy atom. The van der Waals surface area contributed by atoms with Gasteiger partial charge in [-0.05, 0) is 40.5 Å². The van der Waals surface area contributed by atoms with Gasteiger partial charge >= 0.3 is 0 Å². The van der Waals surface area contributed by atoms with E-state index >= 15 is 0 Å². The Bertz CT molecular complexity index is 343. The van der Waals surface area contributed by atoms with Gasteiger partial charge in [0.1, 0.15) is 0 Å². The number of morpholine rings is 1. The largest absolute Gasteiger partial charge is 0.374 e. The van der Waals surface area contributed by atoms with Crippen LogP contribution in [0.4, 0.5) is 0 Å². The van der Waals surface area contributed by atoms with E-state index in [1.807, 2.05) is 0 Å². The molecule has 0 aromatic carbocycles. The molecule has 4 atom stereocenters. The van der Waals surface area contributed by atoms with E-state index in [2.05, 4.69) is 47.6 Å². The van der Waals surface area contributed by atoms with E-state index in [1.54, 1.807) is 0 Å². The molecule has 0 N–H and O–H groups in total. The molecule has 3 aliphatic heterocycles. The molecule has 4 nitrogen and oxygen atoms in total. The molecule has 5 heteroatoms. The third kappa shape index (κ3) is 3.75. The maximum atomic E-state index is 6.34. The van der Waals surface area contributed by atoms with Crippen LogP contribution in [0.15, 0.2) is 0 Å². The smallest absolute Gasteiger partial charge is 0.0857 e. The van der Waals surface area contributed by atoms with Crippen LogP contribution in [-0.4, -0.2) is 97.8 Å². The molecule has 3 aliphatic rings. The minimum Gasteiger partial charge on any atom is -0.374 e. The summed E-state index contributed by atoms with van der Waals surface area (Å²) >= 11 is 2.14. The number of hydrogen-bond donors (Lipinski definition) is 0. The molecule has 4 unspecified atom stereocenters. The molecule has 0 radical (unpaired) electrons. The van der Waals surface area contributed by atoms with Crippen LogP contribution < -0.4 is 0 Å². The zero-order valence-corrected chi connectivity index (χ0v) is 14.6. The molecule has 0 aromatic heterocycles. The number of hydrogen-bond acceptors (Lipinski definition) is 5. The van der Waals surface area contributed by atoms with Gasteiger partial charge in [0.15, 0.2) is 0 Å². The monoisotopic (exact) mass is 313 g/mol. The number of piperidine rings is 1. The molecule has 3 fully saturated rings. The second-order valence-corrected chi connectivity index (χ2v) is 8.44. The minimum atomic E-state index is 0.405. The highest BCUT2D eigenvalue weighted by molar-refractivity contribution is 8.00. The van der Waals surface area contributed by atoms with Gasteiger partial charge in [0.2, 0.25) is 0 Å². The van der Waals surface area contributed by atoms with E-state index in [-0.39, 0.29) is 0 Å². The summed E-state index contributed by atoms with van der Waals surface area (Å²) in [6, 6.07) is 1.21. The summed E-state index contributed by atoms with van der Waals surface area (Å²) in [5.41, 5.74) is 0. The van der Waals surface area contributed by atoms with Crippen LogP contribution in [0, 0.1) is 0 Å². The Morgan fingerprint density at radius 1 is 0.952 bits per heavy atom. The fourth-order valence-electron chi connectivity index (χ4n) is 4.06. The van der Waals surface area contributed by atoms with E-state index in [1.165, 1.54) is 44.6 Å². The molecule has 3 saturated heterocycles. The highest BCUT2D eigenvalue weighted by Gasteiger charge is 2.38. The SMILES string of the molecule is CN1CCSC(C2COC(C3CCCCN3C)CN2C)C1. The summed E-state index contributed by atoms with van der Waals surface area (Å²) in [5.74, 6) is 1.26. The van der Waals surface area contributed by atoms with E-state index in [0.29, 0.717) is 23.4 Å².